The maximum absolute atomic E-state index is 12.5. The number of rotatable bonds is 7. The van der Waals surface area contributed by atoms with Crippen LogP contribution in [0, 0.1) is 18.8 Å². The Morgan fingerprint density at radius 2 is 1.72 bits per heavy atom. The summed E-state index contributed by atoms with van der Waals surface area (Å²) in [5.41, 5.74) is 1.77. The maximum atomic E-state index is 12.5. The molecule has 1 aliphatic rings. The van der Waals surface area contributed by atoms with E-state index in [1.165, 1.54) is 0 Å². The molecule has 1 saturated carbocycles. The number of amides is 2. The van der Waals surface area contributed by atoms with E-state index in [0.29, 0.717) is 5.02 Å². The molecule has 138 valence electrons. The van der Waals surface area contributed by atoms with Gasteiger partial charge in [0.2, 0.25) is 11.8 Å². The Morgan fingerprint density at radius 3 is 2.36 bits per heavy atom. The van der Waals surface area contributed by atoms with Gasteiger partial charge in [-0.15, -0.1) is 0 Å². The van der Waals surface area contributed by atoms with Crippen molar-refractivity contribution >= 4 is 29.1 Å². The van der Waals surface area contributed by atoms with Crippen LogP contribution in [-0.4, -0.2) is 18.4 Å². The van der Waals surface area contributed by atoms with E-state index in [-0.39, 0.29) is 23.7 Å². The first-order valence-electron chi connectivity index (χ1n) is 9.36. The summed E-state index contributed by atoms with van der Waals surface area (Å²) in [6.07, 6.45) is 6.44. The van der Waals surface area contributed by atoms with Gasteiger partial charge < -0.3 is 10.6 Å². The minimum absolute atomic E-state index is 0.0254. The van der Waals surface area contributed by atoms with Crippen molar-refractivity contribution in [3.8, 4) is 0 Å². The number of unbranched alkanes of at least 4 members (excludes halogenated alkanes) is 2. The molecular weight excluding hydrogens is 336 g/mol. The maximum Gasteiger partial charge on any atom is 0.227 e. The SMILES string of the molecule is CCCCCNC(=O)C1CCC(C(=O)Nc2cc(Cl)ccc2C)CC1. The lowest BCUT2D eigenvalue weighted by Crippen LogP contribution is -2.36. The third-order valence-electron chi connectivity index (χ3n) is 5.01. The van der Waals surface area contributed by atoms with Crippen LogP contribution in [0.15, 0.2) is 18.2 Å². The van der Waals surface area contributed by atoms with Crippen molar-refractivity contribution in [2.24, 2.45) is 11.8 Å². The Morgan fingerprint density at radius 1 is 1.08 bits per heavy atom. The van der Waals surface area contributed by atoms with Gasteiger partial charge in [-0.05, 0) is 56.7 Å². The molecule has 1 aliphatic carbocycles. The van der Waals surface area contributed by atoms with Gasteiger partial charge >= 0.3 is 0 Å². The van der Waals surface area contributed by atoms with E-state index >= 15 is 0 Å². The van der Waals surface area contributed by atoms with Gasteiger partial charge in [-0.2, -0.15) is 0 Å². The minimum Gasteiger partial charge on any atom is -0.356 e. The van der Waals surface area contributed by atoms with Crippen LogP contribution < -0.4 is 10.6 Å². The molecule has 2 rings (SSSR count). The molecule has 0 bridgehead atoms. The zero-order valence-electron chi connectivity index (χ0n) is 15.2. The Kier molecular flexibility index (Phi) is 7.76. The lowest BCUT2D eigenvalue weighted by Gasteiger charge is -2.27. The molecule has 0 unspecified atom stereocenters. The second kappa shape index (κ2) is 9.81. The lowest BCUT2D eigenvalue weighted by molar-refractivity contribution is -0.128. The number of hydrogen-bond donors (Lipinski definition) is 2. The van der Waals surface area contributed by atoms with Crippen LogP contribution in [0.3, 0.4) is 0 Å². The topological polar surface area (TPSA) is 58.2 Å². The molecule has 2 amide bonds. The van der Waals surface area contributed by atoms with E-state index in [1.807, 2.05) is 19.1 Å². The molecule has 1 aromatic rings. The molecule has 0 saturated heterocycles. The van der Waals surface area contributed by atoms with Crippen molar-refractivity contribution in [2.45, 2.75) is 58.8 Å². The number of nitrogens with one attached hydrogen (secondary N) is 2. The molecule has 0 radical (unpaired) electrons. The summed E-state index contributed by atoms with van der Waals surface area (Å²) in [5, 5.41) is 6.63. The largest absolute Gasteiger partial charge is 0.356 e. The molecule has 0 aromatic heterocycles. The fourth-order valence-electron chi connectivity index (χ4n) is 3.31. The van der Waals surface area contributed by atoms with Crippen molar-refractivity contribution in [3.05, 3.63) is 28.8 Å². The normalized spacial score (nSPS) is 20.1. The van der Waals surface area contributed by atoms with Crippen molar-refractivity contribution < 1.29 is 9.59 Å². The van der Waals surface area contributed by atoms with Gasteiger partial charge in [0.1, 0.15) is 0 Å². The van der Waals surface area contributed by atoms with Crippen LogP contribution in [0.1, 0.15) is 57.4 Å². The van der Waals surface area contributed by atoms with Crippen LogP contribution in [0.5, 0.6) is 0 Å². The summed E-state index contributed by atoms with van der Waals surface area (Å²) < 4.78 is 0. The van der Waals surface area contributed by atoms with Crippen molar-refractivity contribution in [1.82, 2.24) is 5.32 Å². The van der Waals surface area contributed by atoms with E-state index < -0.39 is 0 Å². The quantitative estimate of drug-likeness (QED) is 0.689. The summed E-state index contributed by atoms with van der Waals surface area (Å²) in [6, 6.07) is 5.50. The average Bonchev–Trinajstić information content (AvgIpc) is 2.61. The molecule has 0 atom stereocenters. The Bertz CT molecular complexity index is 595. The summed E-state index contributed by atoms with van der Waals surface area (Å²) in [6.45, 7) is 4.87. The van der Waals surface area contributed by atoms with Gasteiger partial charge in [-0.1, -0.05) is 37.4 Å². The van der Waals surface area contributed by atoms with E-state index in [9.17, 15) is 9.59 Å². The zero-order chi connectivity index (χ0) is 18.2. The minimum atomic E-state index is -0.0254. The lowest BCUT2D eigenvalue weighted by atomic mass is 9.81. The predicted molar refractivity (Wildman–Crippen MR) is 103 cm³/mol. The first-order chi connectivity index (χ1) is 12.0. The average molecular weight is 365 g/mol. The highest BCUT2D eigenvalue weighted by molar-refractivity contribution is 6.31. The summed E-state index contributed by atoms with van der Waals surface area (Å²) >= 11 is 6.01. The monoisotopic (exact) mass is 364 g/mol. The van der Waals surface area contributed by atoms with Gasteiger partial charge in [0, 0.05) is 29.1 Å². The third kappa shape index (κ3) is 6.03. The highest BCUT2D eigenvalue weighted by Crippen LogP contribution is 2.30. The Hall–Kier alpha value is -1.55. The number of aryl methyl sites for hydroxylation is 1. The van der Waals surface area contributed by atoms with Gasteiger partial charge in [0.25, 0.3) is 0 Å². The number of hydrogen-bond acceptors (Lipinski definition) is 2. The van der Waals surface area contributed by atoms with Crippen molar-refractivity contribution in [1.29, 1.82) is 0 Å². The molecule has 4 nitrogen and oxygen atoms in total. The first-order valence-corrected chi connectivity index (χ1v) is 9.73. The fourth-order valence-corrected chi connectivity index (χ4v) is 3.48. The summed E-state index contributed by atoms with van der Waals surface area (Å²) in [4.78, 5) is 24.7. The number of anilines is 1. The number of carbonyl (C=O) groups is 2. The van der Waals surface area contributed by atoms with Crippen LogP contribution in [-0.2, 0) is 9.59 Å². The first kappa shape index (κ1) is 19.8. The van der Waals surface area contributed by atoms with E-state index in [0.717, 1.165) is 62.7 Å². The Labute approximate surface area is 155 Å². The Balaban J connectivity index is 1.78. The third-order valence-corrected chi connectivity index (χ3v) is 5.24. The smallest absolute Gasteiger partial charge is 0.227 e. The summed E-state index contributed by atoms with van der Waals surface area (Å²) in [7, 11) is 0. The highest BCUT2D eigenvalue weighted by atomic mass is 35.5. The molecule has 2 N–H and O–H groups in total. The van der Waals surface area contributed by atoms with Gasteiger partial charge in [-0.25, -0.2) is 0 Å². The van der Waals surface area contributed by atoms with Crippen molar-refractivity contribution in [3.63, 3.8) is 0 Å². The van der Waals surface area contributed by atoms with Gasteiger partial charge in [0.15, 0.2) is 0 Å². The standard InChI is InChI=1S/C20H29ClN2O2/c1-3-4-5-12-22-19(24)15-7-9-16(10-8-15)20(25)23-18-13-17(21)11-6-14(18)2/h6,11,13,15-16H,3-5,7-10,12H2,1-2H3,(H,22,24)(H,23,25). The molecule has 1 fully saturated rings. The molecule has 1 aromatic carbocycles. The molecule has 0 spiro atoms. The molecule has 25 heavy (non-hydrogen) atoms. The molecular formula is C20H29ClN2O2. The van der Waals surface area contributed by atoms with E-state index in [2.05, 4.69) is 17.6 Å². The van der Waals surface area contributed by atoms with Crippen molar-refractivity contribution in [2.75, 3.05) is 11.9 Å². The molecule has 0 heterocycles. The molecule has 5 heteroatoms. The predicted octanol–water partition coefficient (Wildman–Crippen LogP) is 4.70. The highest BCUT2D eigenvalue weighted by Gasteiger charge is 2.29. The second-order valence-corrected chi connectivity index (χ2v) is 7.43. The molecule has 0 aliphatic heterocycles. The number of carbonyl (C=O) groups excluding carboxylic acids is 2. The second-order valence-electron chi connectivity index (χ2n) is 7.00. The van der Waals surface area contributed by atoms with Crippen LogP contribution in [0.4, 0.5) is 5.69 Å². The zero-order valence-corrected chi connectivity index (χ0v) is 16.0. The van der Waals surface area contributed by atoms with Gasteiger partial charge in [-0.3, -0.25) is 9.59 Å². The van der Waals surface area contributed by atoms with E-state index in [4.69, 9.17) is 11.6 Å². The van der Waals surface area contributed by atoms with Gasteiger partial charge in [0.05, 0.1) is 0 Å². The van der Waals surface area contributed by atoms with Crippen LogP contribution in [0.25, 0.3) is 0 Å². The van der Waals surface area contributed by atoms with Crippen LogP contribution >= 0.6 is 11.6 Å². The summed E-state index contributed by atoms with van der Waals surface area (Å²) in [5.74, 6) is 0.217. The number of benzene rings is 1. The van der Waals surface area contributed by atoms with E-state index in [1.54, 1.807) is 6.07 Å². The fraction of sp³-hybridized carbons (Fsp3) is 0.600. The van der Waals surface area contributed by atoms with Crippen LogP contribution in [0.2, 0.25) is 5.02 Å². The number of halogens is 1.